The zero-order chi connectivity index (χ0) is 19.3. The maximum absolute atomic E-state index is 4.65. The van der Waals surface area contributed by atoms with Crippen LogP contribution >= 0.6 is 0 Å². The molecule has 0 aliphatic carbocycles. The Hall–Kier alpha value is -2.25. The van der Waals surface area contributed by atoms with E-state index in [1.165, 1.54) is 0 Å². The fourth-order valence-electron chi connectivity index (χ4n) is 2.99. The normalized spacial score (nSPS) is 16.3. The van der Waals surface area contributed by atoms with E-state index in [4.69, 9.17) is 0 Å². The second kappa shape index (κ2) is 8.63. The van der Waals surface area contributed by atoms with Crippen LogP contribution in [0.3, 0.4) is 0 Å². The van der Waals surface area contributed by atoms with Gasteiger partial charge in [-0.1, -0.05) is 6.07 Å². The molecule has 0 radical (unpaired) electrons. The summed E-state index contributed by atoms with van der Waals surface area (Å²) in [6.45, 7) is 12.7. The molecule has 1 aliphatic heterocycles. The first-order valence-electron chi connectivity index (χ1n) is 9.62. The summed E-state index contributed by atoms with van der Waals surface area (Å²) in [6, 6.07) is 7.83. The van der Waals surface area contributed by atoms with Gasteiger partial charge in [0.15, 0.2) is 0 Å². The molecule has 2 aromatic rings. The number of rotatable bonds is 6. The molecule has 0 bridgehead atoms. The molecule has 1 saturated heterocycles. The van der Waals surface area contributed by atoms with Crippen molar-refractivity contribution >= 4 is 11.8 Å². The summed E-state index contributed by atoms with van der Waals surface area (Å²) in [6.07, 6.45) is 1.79. The minimum Gasteiger partial charge on any atom is -0.369 e. The Morgan fingerprint density at radius 3 is 2.48 bits per heavy atom. The number of aromatic nitrogens is 3. The average molecular weight is 370 g/mol. The molecule has 27 heavy (non-hydrogen) atoms. The van der Waals surface area contributed by atoms with Gasteiger partial charge in [-0.05, 0) is 40.0 Å². The summed E-state index contributed by atoms with van der Waals surface area (Å²) >= 11 is 0. The van der Waals surface area contributed by atoms with Crippen LogP contribution in [-0.2, 0) is 0 Å². The lowest BCUT2D eigenvalue weighted by molar-refractivity contribution is 0.158. The van der Waals surface area contributed by atoms with E-state index in [-0.39, 0.29) is 5.54 Å². The third-order valence-corrected chi connectivity index (χ3v) is 4.47. The van der Waals surface area contributed by atoms with Crippen LogP contribution in [0.15, 0.2) is 30.5 Å². The number of nitrogens with zero attached hydrogens (tertiary/aromatic N) is 5. The van der Waals surface area contributed by atoms with E-state index in [1.54, 1.807) is 6.20 Å². The quantitative estimate of drug-likeness (QED) is 0.810. The summed E-state index contributed by atoms with van der Waals surface area (Å²) in [4.78, 5) is 18.6. The molecule has 0 unspecified atom stereocenters. The molecule has 146 valence electrons. The number of hydrogen-bond donors (Lipinski definition) is 2. The van der Waals surface area contributed by atoms with Gasteiger partial charge in [0.05, 0.1) is 11.4 Å². The number of piperazine rings is 1. The highest BCUT2D eigenvalue weighted by Gasteiger charge is 2.15. The van der Waals surface area contributed by atoms with Crippen molar-refractivity contribution in [3.63, 3.8) is 0 Å². The van der Waals surface area contributed by atoms with E-state index in [1.807, 2.05) is 24.3 Å². The van der Waals surface area contributed by atoms with Crippen molar-refractivity contribution in [2.24, 2.45) is 0 Å². The van der Waals surface area contributed by atoms with E-state index in [2.05, 4.69) is 63.2 Å². The van der Waals surface area contributed by atoms with Crippen LogP contribution in [0.4, 0.5) is 11.8 Å². The lowest BCUT2D eigenvalue weighted by Crippen LogP contribution is -2.45. The van der Waals surface area contributed by atoms with E-state index < -0.39 is 0 Å². The van der Waals surface area contributed by atoms with Crippen LogP contribution in [0.1, 0.15) is 20.8 Å². The highest BCUT2D eigenvalue weighted by atomic mass is 15.3. The molecule has 2 N–H and O–H groups in total. The number of nitrogens with one attached hydrogen (secondary N) is 2. The molecule has 3 rings (SSSR count). The molecule has 1 fully saturated rings. The summed E-state index contributed by atoms with van der Waals surface area (Å²) < 4.78 is 0. The zero-order valence-corrected chi connectivity index (χ0v) is 16.9. The zero-order valence-electron chi connectivity index (χ0n) is 16.9. The Bertz CT molecular complexity index is 719. The maximum atomic E-state index is 4.65. The van der Waals surface area contributed by atoms with E-state index in [0.717, 1.165) is 56.5 Å². The third-order valence-electron chi connectivity index (χ3n) is 4.47. The Kier molecular flexibility index (Phi) is 6.23. The van der Waals surface area contributed by atoms with Crippen molar-refractivity contribution < 1.29 is 0 Å². The van der Waals surface area contributed by atoms with Gasteiger partial charge >= 0.3 is 0 Å². The first-order chi connectivity index (χ1) is 12.9. The van der Waals surface area contributed by atoms with Gasteiger partial charge in [-0.2, -0.15) is 4.98 Å². The monoisotopic (exact) mass is 369 g/mol. The molecule has 0 aromatic carbocycles. The van der Waals surface area contributed by atoms with Crippen molar-refractivity contribution in [1.29, 1.82) is 0 Å². The standard InChI is InChI=1S/C20H31N7/c1-20(2,3)25-19-23-17(16-7-5-6-8-21-16)15-18(24-19)22-9-10-27-13-11-26(4)12-14-27/h5-8,15H,9-14H2,1-4H3,(H2,22,23,24,25). The maximum Gasteiger partial charge on any atom is 0.225 e. The fraction of sp³-hybridized carbons (Fsp3) is 0.550. The smallest absolute Gasteiger partial charge is 0.225 e. The predicted octanol–water partition coefficient (Wildman–Crippen LogP) is 2.41. The van der Waals surface area contributed by atoms with Crippen LogP contribution in [0.5, 0.6) is 0 Å². The van der Waals surface area contributed by atoms with Crippen molar-refractivity contribution in [3.8, 4) is 11.4 Å². The third kappa shape index (κ3) is 6.15. The van der Waals surface area contributed by atoms with Crippen LogP contribution in [-0.4, -0.2) is 76.6 Å². The lowest BCUT2D eigenvalue weighted by atomic mass is 10.1. The first kappa shape index (κ1) is 19.5. The molecular formula is C20H31N7. The Balaban J connectivity index is 1.70. The number of hydrogen-bond acceptors (Lipinski definition) is 7. The van der Waals surface area contributed by atoms with E-state index in [0.29, 0.717) is 5.95 Å². The van der Waals surface area contributed by atoms with Gasteiger partial charge in [-0.3, -0.25) is 9.88 Å². The van der Waals surface area contributed by atoms with Gasteiger partial charge in [0, 0.05) is 57.1 Å². The van der Waals surface area contributed by atoms with Crippen LogP contribution < -0.4 is 10.6 Å². The Labute approximate surface area is 162 Å². The molecule has 0 amide bonds. The summed E-state index contributed by atoms with van der Waals surface area (Å²) in [5, 5.41) is 6.84. The fourth-order valence-corrected chi connectivity index (χ4v) is 2.99. The topological polar surface area (TPSA) is 69.2 Å². The molecule has 0 spiro atoms. The first-order valence-corrected chi connectivity index (χ1v) is 9.62. The molecule has 0 atom stereocenters. The predicted molar refractivity (Wildman–Crippen MR) is 111 cm³/mol. The van der Waals surface area contributed by atoms with Gasteiger partial charge in [-0.25, -0.2) is 4.98 Å². The number of likely N-dealkylation sites (N-methyl/N-ethyl adjacent to an activating group) is 1. The molecule has 2 aromatic heterocycles. The second-order valence-corrected chi connectivity index (χ2v) is 8.12. The highest BCUT2D eigenvalue weighted by Crippen LogP contribution is 2.21. The van der Waals surface area contributed by atoms with Gasteiger partial charge in [0.1, 0.15) is 5.82 Å². The molecule has 7 heteroatoms. The summed E-state index contributed by atoms with van der Waals surface area (Å²) in [5.41, 5.74) is 1.55. The Morgan fingerprint density at radius 2 is 1.81 bits per heavy atom. The average Bonchev–Trinajstić information content (AvgIpc) is 2.62. The van der Waals surface area contributed by atoms with E-state index in [9.17, 15) is 0 Å². The van der Waals surface area contributed by atoms with Gasteiger partial charge < -0.3 is 15.5 Å². The van der Waals surface area contributed by atoms with Crippen LogP contribution in [0, 0.1) is 0 Å². The van der Waals surface area contributed by atoms with Crippen molar-refractivity contribution in [1.82, 2.24) is 24.8 Å². The molecule has 1 aliphatic rings. The van der Waals surface area contributed by atoms with Crippen LogP contribution in [0.25, 0.3) is 11.4 Å². The molecular weight excluding hydrogens is 338 g/mol. The van der Waals surface area contributed by atoms with Gasteiger partial charge in [-0.15, -0.1) is 0 Å². The SMILES string of the molecule is CN1CCN(CCNc2cc(-c3ccccn3)nc(NC(C)(C)C)n2)CC1. The van der Waals surface area contributed by atoms with Gasteiger partial charge in [0.25, 0.3) is 0 Å². The molecule has 0 saturated carbocycles. The second-order valence-electron chi connectivity index (χ2n) is 8.12. The van der Waals surface area contributed by atoms with Crippen molar-refractivity contribution in [2.45, 2.75) is 26.3 Å². The minimum absolute atomic E-state index is 0.111. The number of pyridine rings is 1. The van der Waals surface area contributed by atoms with Crippen LogP contribution in [0.2, 0.25) is 0 Å². The lowest BCUT2D eigenvalue weighted by Gasteiger charge is -2.32. The van der Waals surface area contributed by atoms with Gasteiger partial charge in [0.2, 0.25) is 5.95 Å². The number of anilines is 2. The minimum atomic E-state index is -0.111. The van der Waals surface area contributed by atoms with Crippen molar-refractivity contribution in [2.75, 3.05) is 56.9 Å². The summed E-state index contributed by atoms with van der Waals surface area (Å²) in [7, 11) is 2.18. The molecule has 3 heterocycles. The summed E-state index contributed by atoms with van der Waals surface area (Å²) in [5.74, 6) is 1.44. The highest BCUT2D eigenvalue weighted by molar-refractivity contribution is 5.61. The largest absolute Gasteiger partial charge is 0.369 e. The van der Waals surface area contributed by atoms with Crippen molar-refractivity contribution in [3.05, 3.63) is 30.5 Å². The Morgan fingerprint density at radius 1 is 1.04 bits per heavy atom. The van der Waals surface area contributed by atoms with E-state index >= 15 is 0 Å². The molecule has 7 nitrogen and oxygen atoms in total.